The highest BCUT2D eigenvalue weighted by atomic mass is 16.3. The zero-order valence-electron chi connectivity index (χ0n) is 10.4. The van der Waals surface area contributed by atoms with E-state index in [-0.39, 0.29) is 18.7 Å². The number of rotatable bonds is 7. The van der Waals surface area contributed by atoms with E-state index < -0.39 is 0 Å². The van der Waals surface area contributed by atoms with Crippen molar-refractivity contribution in [2.75, 3.05) is 13.2 Å². The number of hydrogen-bond acceptors (Lipinski definition) is 2. The van der Waals surface area contributed by atoms with Gasteiger partial charge in [-0.25, -0.2) is 4.79 Å². The standard InChI is InChI=1S/C12H24N2O2/c1-3-5-12(6-7-12)9-13-11(16)14-10(2)4-8-15/h10,15H,3-9H2,1-2H3,(H2,13,14,16)/t10-/m1/s1. The van der Waals surface area contributed by atoms with E-state index in [0.29, 0.717) is 11.8 Å². The molecule has 0 saturated heterocycles. The van der Waals surface area contributed by atoms with Crippen molar-refractivity contribution in [3.05, 3.63) is 0 Å². The summed E-state index contributed by atoms with van der Waals surface area (Å²) in [6.07, 6.45) is 5.48. The van der Waals surface area contributed by atoms with Crippen LogP contribution in [0, 0.1) is 5.41 Å². The predicted molar refractivity (Wildman–Crippen MR) is 64.3 cm³/mol. The fraction of sp³-hybridized carbons (Fsp3) is 0.917. The maximum Gasteiger partial charge on any atom is 0.315 e. The average Bonchev–Trinajstić information content (AvgIpc) is 2.97. The van der Waals surface area contributed by atoms with Crippen molar-refractivity contribution >= 4 is 6.03 Å². The van der Waals surface area contributed by atoms with Crippen molar-refractivity contribution in [1.82, 2.24) is 10.6 Å². The van der Waals surface area contributed by atoms with Gasteiger partial charge in [0, 0.05) is 19.2 Å². The summed E-state index contributed by atoms with van der Waals surface area (Å²) in [5.41, 5.74) is 0.395. The predicted octanol–water partition coefficient (Wildman–Crippen LogP) is 1.64. The molecule has 0 spiro atoms. The van der Waals surface area contributed by atoms with Crippen LogP contribution in [0.15, 0.2) is 0 Å². The maximum absolute atomic E-state index is 11.5. The number of carbonyl (C=O) groups excluding carboxylic acids is 1. The lowest BCUT2D eigenvalue weighted by molar-refractivity contribution is 0.228. The van der Waals surface area contributed by atoms with Crippen LogP contribution in [0.1, 0.15) is 46.0 Å². The van der Waals surface area contributed by atoms with Gasteiger partial charge in [-0.1, -0.05) is 13.3 Å². The average molecular weight is 228 g/mol. The van der Waals surface area contributed by atoms with E-state index in [1.54, 1.807) is 0 Å². The number of aliphatic hydroxyl groups is 1. The van der Waals surface area contributed by atoms with Crippen LogP contribution in [0.2, 0.25) is 0 Å². The zero-order valence-corrected chi connectivity index (χ0v) is 10.4. The molecule has 1 aliphatic carbocycles. The van der Waals surface area contributed by atoms with Crippen molar-refractivity contribution < 1.29 is 9.90 Å². The minimum absolute atomic E-state index is 0.0336. The van der Waals surface area contributed by atoms with Gasteiger partial charge >= 0.3 is 6.03 Å². The van der Waals surface area contributed by atoms with E-state index in [9.17, 15) is 4.79 Å². The largest absolute Gasteiger partial charge is 0.396 e. The molecule has 16 heavy (non-hydrogen) atoms. The van der Waals surface area contributed by atoms with Gasteiger partial charge < -0.3 is 15.7 Å². The molecule has 4 heteroatoms. The monoisotopic (exact) mass is 228 g/mol. The normalized spacial score (nSPS) is 18.9. The smallest absolute Gasteiger partial charge is 0.315 e. The highest BCUT2D eigenvalue weighted by Crippen LogP contribution is 2.48. The first kappa shape index (κ1) is 13.3. The summed E-state index contributed by atoms with van der Waals surface area (Å²) in [5.74, 6) is 0. The Bertz CT molecular complexity index is 227. The molecule has 1 aliphatic rings. The first-order chi connectivity index (χ1) is 7.62. The first-order valence-corrected chi connectivity index (χ1v) is 6.27. The summed E-state index contributed by atoms with van der Waals surface area (Å²) in [6.45, 7) is 4.98. The third-order valence-corrected chi connectivity index (χ3v) is 3.30. The molecule has 2 amide bonds. The Morgan fingerprint density at radius 2 is 2.19 bits per heavy atom. The summed E-state index contributed by atoms with van der Waals surface area (Å²) in [5, 5.41) is 14.5. The highest BCUT2D eigenvalue weighted by molar-refractivity contribution is 5.74. The number of urea groups is 1. The third kappa shape index (κ3) is 4.39. The van der Waals surface area contributed by atoms with E-state index in [4.69, 9.17) is 5.11 Å². The van der Waals surface area contributed by atoms with Gasteiger partial charge in [0.25, 0.3) is 0 Å². The van der Waals surface area contributed by atoms with E-state index in [0.717, 1.165) is 6.54 Å². The van der Waals surface area contributed by atoms with Crippen LogP contribution in [0.25, 0.3) is 0 Å². The molecule has 0 bridgehead atoms. The van der Waals surface area contributed by atoms with Crippen molar-refractivity contribution in [3.8, 4) is 0 Å². The van der Waals surface area contributed by atoms with Crippen LogP contribution in [0.3, 0.4) is 0 Å². The van der Waals surface area contributed by atoms with Gasteiger partial charge in [0.1, 0.15) is 0 Å². The summed E-state index contributed by atoms with van der Waals surface area (Å²) in [6, 6.07) is -0.0744. The van der Waals surface area contributed by atoms with E-state index in [1.807, 2.05) is 6.92 Å². The quantitative estimate of drug-likeness (QED) is 0.620. The van der Waals surface area contributed by atoms with Crippen LogP contribution in [0.5, 0.6) is 0 Å². The van der Waals surface area contributed by atoms with Crippen LogP contribution in [-0.4, -0.2) is 30.3 Å². The van der Waals surface area contributed by atoms with Gasteiger partial charge in [0.05, 0.1) is 0 Å². The number of amides is 2. The van der Waals surface area contributed by atoms with Crippen molar-refractivity contribution in [3.63, 3.8) is 0 Å². The minimum Gasteiger partial charge on any atom is -0.396 e. The molecular formula is C12H24N2O2. The fourth-order valence-corrected chi connectivity index (χ4v) is 2.03. The maximum atomic E-state index is 11.5. The topological polar surface area (TPSA) is 61.4 Å². The molecule has 3 N–H and O–H groups in total. The molecule has 0 heterocycles. The third-order valence-electron chi connectivity index (χ3n) is 3.30. The lowest BCUT2D eigenvalue weighted by Crippen LogP contribution is -2.43. The Balaban J connectivity index is 2.15. The first-order valence-electron chi connectivity index (χ1n) is 6.27. The van der Waals surface area contributed by atoms with Crippen LogP contribution >= 0.6 is 0 Å². The molecule has 1 fully saturated rings. The van der Waals surface area contributed by atoms with Gasteiger partial charge in [0.2, 0.25) is 0 Å². The molecule has 94 valence electrons. The second kappa shape index (κ2) is 6.09. The van der Waals surface area contributed by atoms with Gasteiger partial charge in [-0.15, -0.1) is 0 Å². The Hall–Kier alpha value is -0.770. The summed E-state index contributed by atoms with van der Waals surface area (Å²) in [7, 11) is 0. The molecule has 1 rings (SSSR count). The lowest BCUT2D eigenvalue weighted by Gasteiger charge is -2.17. The zero-order chi connectivity index (χ0) is 12.0. The highest BCUT2D eigenvalue weighted by Gasteiger charge is 2.41. The van der Waals surface area contributed by atoms with Crippen molar-refractivity contribution in [1.29, 1.82) is 0 Å². The van der Waals surface area contributed by atoms with Crippen LogP contribution in [0.4, 0.5) is 4.79 Å². The van der Waals surface area contributed by atoms with Gasteiger partial charge in [-0.05, 0) is 38.0 Å². The second-order valence-electron chi connectivity index (χ2n) is 4.99. The molecule has 4 nitrogen and oxygen atoms in total. The van der Waals surface area contributed by atoms with E-state index >= 15 is 0 Å². The van der Waals surface area contributed by atoms with Crippen molar-refractivity contribution in [2.45, 2.75) is 52.0 Å². The molecule has 0 aromatic heterocycles. The molecule has 0 radical (unpaired) electrons. The Labute approximate surface area is 97.8 Å². The second-order valence-corrected chi connectivity index (χ2v) is 4.99. The van der Waals surface area contributed by atoms with E-state index in [1.165, 1.54) is 25.7 Å². The van der Waals surface area contributed by atoms with Crippen molar-refractivity contribution in [2.24, 2.45) is 5.41 Å². The van der Waals surface area contributed by atoms with E-state index in [2.05, 4.69) is 17.6 Å². The molecule has 0 unspecified atom stereocenters. The molecule has 0 aliphatic heterocycles. The van der Waals surface area contributed by atoms with Gasteiger partial charge in [0.15, 0.2) is 0 Å². The summed E-state index contributed by atoms with van der Waals surface area (Å²) >= 11 is 0. The molecular weight excluding hydrogens is 204 g/mol. The number of hydrogen-bond donors (Lipinski definition) is 3. The number of nitrogens with one attached hydrogen (secondary N) is 2. The number of aliphatic hydroxyl groups excluding tert-OH is 1. The van der Waals surface area contributed by atoms with Crippen LogP contribution in [-0.2, 0) is 0 Å². The number of carbonyl (C=O) groups is 1. The molecule has 1 saturated carbocycles. The molecule has 1 atom stereocenters. The fourth-order valence-electron chi connectivity index (χ4n) is 2.03. The van der Waals surface area contributed by atoms with Gasteiger partial charge in [-0.3, -0.25) is 0 Å². The summed E-state index contributed by atoms with van der Waals surface area (Å²) < 4.78 is 0. The molecule has 0 aromatic carbocycles. The summed E-state index contributed by atoms with van der Waals surface area (Å²) in [4.78, 5) is 11.5. The molecule has 0 aromatic rings. The Morgan fingerprint density at radius 1 is 1.50 bits per heavy atom. The lowest BCUT2D eigenvalue weighted by atomic mass is 10.0. The van der Waals surface area contributed by atoms with Gasteiger partial charge in [-0.2, -0.15) is 0 Å². The Kier molecular flexibility index (Phi) is 5.06. The Morgan fingerprint density at radius 3 is 2.69 bits per heavy atom. The SMILES string of the molecule is CCCC1(CNC(=O)N[C@H](C)CCO)CC1. The van der Waals surface area contributed by atoms with Crippen LogP contribution < -0.4 is 10.6 Å². The minimum atomic E-state index is -0.108.